The zero-order valence-electron chi connectivity index (χ0n) is 17.4. The topological polar surface area (TPSA) is 54.9 Å². The summed E-state index contributed by atoms with van der Waals surface area (Å²) >= 11 is 0. The molecule has 5 heteroatoms. The van der Waals surface area contributed by atoms with E-state index >= 15 is 0 Å². The number of nitrogens with one attached hydrogen (secondary N) is 2. The summed E-state index contributed by atoms with van der Waals surface area (Å²) in [4.78, 5) is 4.66. The van der Waals surface area contributed by atoms with Gasteiger partial charge in [-0.2, -0.15) is 0 Å². The van der Waals surface area contributed by atoms with E-state index in [0.717, 1.165) is 77.7 Å². The summed E-state index contributed by atoms with van der Waals surface area (Å²) in [5, 5.41) is 6.75. The van der Waals surface area contributed by atoms with Crippen LogP contribution in [0.15, 0.2) is 23.2 Å². The third-order valence-electron chi connectivity index (χ3n) is 4.74. The number of guanidine groups is 1. The summed E-state index contributed by atoms with van der Waals surface area (Å²) in [5.41, 5.74) is 4.02. The lowest BCUT2D eigenvalue weighted by Crippen LogP contribution is -2.38. The number of nitrogens with zero attached hydrogens (tertiary/aromatic N) is 1. The van der Waals surface area contributed by atoms with Gasteiger partial charge < -0.3 is 20.1 Å². The maximum absolute atomic E-state index is 5.81. The van der Waals surface area contributed by atoms with Crippen LogP contribution >= 0.6 is 0 Å². The summed E-state index contributed by atoms with van der Waals surface area (Å²) in [5.74, 6) is 1.57. The van der Waals surface area contributed by atoms with E-state index in [2.05, 4.69) is 54.6 Å². The Hall–Kier alpha value is -1.59. The van der Waals surface area contributed by atoms with Gasteiger partial charge in [0.1, 0.15) is 0 Å². The first-order chi connectivity index (χ1) is 13.2. The Kier molecular flexibility index (Phi) is 10.2. The molecule has 0 bridgehead atoms. The van der Waals surface area contributed by atoms with Crippen molar-refractivity contribution in [2.75, 3.05) is 46.1 Å². The van der Waals surface area contributed by atoms with E-state index in [9.17, 15) is 0 Å². The molecule has 2 N–H and O–H groups in total. The number of benzene rings is 1. The Bertz CT molecular complexity index is 548. The molecule has 0 atom stereocenters. The van der Waals surface area contributed by atoms with Gasteiger partial charge in [0, 0.05) is 46.1 Å². The van der Waals surface area contributed by atoms with Crippen molar-refractivity contribution in [2.24, 2.45) is 10.9 Å². The highest BCUT2D eigenvalue weighted by molar-refractivity contribution is 5.79. The Balaban J connectivity index is 1.62. The van der Waals surface area contributed by atoms with Crippen LogP contribution in [0.2, 0.25) is 0 Å². The van der Waals surface area contributed by atoms with Gasteiger partial charge in [0.15, 0.2) is 5.96 Å². The Morgan fingerprint density at radius 2 is 1.89 bits per heavy atom. The lowest BCUT2D eigenvalue weighted by Gasteiger charge is -2.21. The molecule has 0 amide bonds. The summed E-state index contributed by atoms with van der Waals surface area (Å²) < 4.78 is 11.2. The number of hydrogen-bond acceptors (Lipinski definition) is 3. The van der Waals surface area contributed by atoms with Crippen molar-refractivity contribution < 1.29 is 9.47 Å². The minimum Gasteiger partial charge on any atom is -0.381 e. The normalized spacial score (nSPS) is 15.7. The lowest BCUT2D eigenvalue weighted by atomic mass is 10.0. The van der Waals surface area contributed by atoms with Gasteiger partial charge >= 0.3 is 0 Å². The summed E-state index contributed by atoms with van der Waals surface area (Å²) in [6.07, 6.45) is 4.22. The molecule has 0 unspecified atom stereocenters. The molecular formula is C22H37N3O2. The number of ether oxygens (including phenoxy) is 2. The highest BCUT2D eigenvalue weighted by Gasteiger charge is 2.13. The lowest BCUT2D eigenvalue weighted by molar-refractivity contribution is 0.0205. The van der Waals surface area contributed by atoms with Crippen molar-refractivity contribution in [1.29, 1.82) is 0 Å². The molecule has 0 radical (unpaired) electrons. The van der Waals surface area contributed by atoms with E-state index in [1.165, 1.54) is 16.7 Å². The van der Waals surface area contributed by atoms with Crippen molar-refractivity contribution in [3.63, 3.8) is 0 Å². The van der Waals surface area contributed by atoms with E-state index in [0.29, 0.717) is 5.92 Å². The van der Waals surface area contributed by atoms with E-state index in [1.54, 1.807) is 0 Å². The predicted octanol–water partition coefficient (Wildman–Crippen LogP) is 3.23. The fraction of sp³-hybridized carbons (Fsp3) is 0.682. The maximum atomic E-state index is 5.81. The molecule has 27 heavy (non-hydrogen) atoms. The molecule has 1 aromatic rings. The summed E-state index contributed by atoms with van der Waals surface area (Å²) in [6, 6.07) is 6.73. The molecule has 0 aromatic heterocycles. The Morgan fingerprint density at radius 1 is 1.15 bits per heavy atom. The number of rotatable bonds is 10. The second-order valence-corrected chi connectivity index (χ2v) is 7.42. The molecule has 1 fully saturated rings. The average Bonchev–Trinajstić information content (AvgIpc) is 2.64. The summed E-state index contributed by atoms with van der Waals surface area (Å²) in [7, 11) is 0. The van der Waals surface area contributed by atoms with Crippen LogP contribution in [0.1, 0.15) is 42.9 Å². The number of hydrogen-bond donors (Lipinski definition) is 2. The minimum absolute atomic E-state index is 0.673. The van der Waals surface area contributed by atoms with Gasteiger partial charge in [-0.1, -0.05) is 29.3 Å². The van der Waals surface area contributed by atoms with E-state index in [-0.39, 0.29) is 0 Å². The number of aryl methyl sites for hydroxylation is 2. The van der Waals surface area contributed by atoms with E-state index in [1.807, 2.05) is 0 Å². The molecule has 1 aliphatic heterocycles. The van der Waals surface area contributed by atoms with Crippen LogP contribution < -0.4 is 10.6 Å². The molecule has 0 saturated carbocycles. The van der Waals surface area contributed by atoms with Crippen molar-refractivity contribution in [3.8, 4) is 0 Å². The standard InChI is InChI=1S/C22H37N3O2/c1-4-23-22(25-10-6-21-15-18(2)14-19(3)16-21)24-9-5-11-27-17-20-7-12-26-13-8-20/h14-16,20H,4-13,17H2,1-3H3,(H2,23,24,25). The predicted molar refractivity (Wildman–Crippen MR) is 113 cm³/mol. The van der Waals surface area contributed by atoms with Crippen LogP contribution in [0.5, 0.6) is 0 Å². The fourth-order valence-corrected chi connectivity index (χ4v) is 3.40. The molecule has 0 spiro atoms. The first-order valence-corrected chi connectivity index (χ1v) is 10.4. The molecule has 1 aromatic carbocycles. The SMILES string of the molecule is CCNC(=NCCCOCC1CCOCC1)NCCc1cc(C)cc(C)c1. The second kappa shape index (κ2) is 12.7. The van der Waals surface area contributed by atoms with Gasteiger partial charge in [-0.3, -0.25) is 4.99 Å². The van der Waals surface area contributed by atoms with Crippen LogP contribution in [0.25, 0.3) is 0 Å². The van der Waals surface area contributed by atoms with Crippen LogP contribution in [-0.4, -0.2) is 52.0 Å². The third kappa shape index (κ3) is 9.25. The molecule has 1 aliphatic rings. The fourth-order valence-electron chi connectivity index (χ4n) is 3.40. The first-order valence-electron chi connectivity index (χ1n) is 10.4. The van der Waals surface area contributed by atoms with Gasteiger partial charge in [-0.25, -0.2) is 0 Å². The van der Waals surface area contributed by atoms with Crippen LogP contribution in [0.3, 0.4) is 0 Å². The smallest absolute Gasteiger partial charge is 0.191 e. The van der Waals surface area contributed by atoms with E-state index < -0.39 is 0 Å². The van der Waals surface area contributed by atoms with Crippen LogP contribution in [0, 0.1) is 19.8 Å². The molecular weight excluding hydrogens is 338 g/mol. The van der Waals surface area contributed by atoms with Crippen molar-refractivity contribution in [3.05, 3.63) is 34.9 Å². The molecule has 1 heterocycles. The molecule has 152 valence electrons. The van der Waals surface area contributed by atoms with Crippen molar-refractivity contribution in [1.82, 2.24) is 10.6 Å². The molecule has 5 nitrogen and oxygen atoms in total. The average molecular weight is 376 g/mol. The highest BCUT2D eigenvalue weighted by Crippen LogP contribution is 2.14. The second-order valence-electron chi connectivity index (χ2n) is 7.42. The minimum atomic E-state index is 0.673. The molecule has 0 aliphatic carbocycles. The van der Waals surface area contributed by atoms with Gasteiger partial charge in [0.25, 0.3) is 0 Å². The van der Waals surface area contributed by atoms with Gasteiger partial charge in [-0.15, -0.1) is 0 Å². The van der Waals surface area contributed by atoms with Gasteiger partial charge in [0.2, 0.25) is 0 Å². The van der Waals surface area contributed by atoms with Crippen molar-refractivity contribution >= 4 is 5.96 Å². The van der Waals surface area contributed by atoms with Crippen molar-refractivity contribution in [2.45, 2.75) is 46.5 Å². The first kappa shape index (κ1) is 21.7. The zero-order chi connectivity index (χ0) is 19.3. The third-order valence-corrected chi connectivity index (χ3v) is 4.74. The van der Waals surface area contributed by atoms with Gasteiger partial charge in [0.05, 0.1) is 0 Å². The van der Waals surface area contributed by atoms with Crippen LogP contribution in [-0.2, 0) is 15.9 Å². The Morgan fingerprint density at radius 3 is 2.59 bits per heavy atom. The number of aliphatic imine (C=N–C) groups is 1. The largest absolute Gasteiger partial charge is 0.381 e. The van der Waals surface area contributed by atoms with Crippen LogP contribution in [0.4, 0.5) is 0 Å². The van der Waals surface area contributed by atoms with E-state index in [4.69, 9.17) is 9.47 Å². The Labute approximate surface area is 164 Å². The monoisotopic (exact) mass is 375 g/mol. The quantitative estimate of drug-likeness (QED) is 0.374. The highest BCUT2D eigenvalue weighted by atomic mass is 16.5. The maximum Gasteiger partial charge on any atom is 0.191 e. The molecule has 2 rings (SSSR count). The zero-order valence-corrected chi connectivity index (χ0v) is 17.4. The van der Waals surface area contributed by atoms with Gasteiger partial charge in [-0.05, 0) is 57.9 Å². The molecule has 1 saturated heterocycles. The summed E-state index contributed by atoms with van der Waals surface area (Å²) in [6.45, 7) is 12.4.